The summed E-state index contributed by atoms with van der Waals surface area (Å²) in [6, 6.07) is 18.8. The van der Waals surface area contributed by atoms with Crippen molar-refractivity contribution in [3.05, 3.63) is 77.7 Å². The van der Waals surface area contributed by atoms with E-state index in [1.54, 1.807) is 12.1 Å². The predicted octanol–water partition coefficient (Wildman–Crippen LogP) is 4.45. The normalized spacial score (nSPS) is 17.0. The van der Waals surface area contributed by atoms with E-state index in [0.29, 0.717) is 17.7 Å². The van der Waals surface area contributed by atoms with Gasteiger partial charge in [0.25, 0.3) is 0 Å². The van der Waals surface area contributed by atoms with E-state index in [9.17, 15) is 5.11 Å². The summed E-state index contributed by atoms with van der Waals surface area (Å²) < 4.78 is 0. The third-order valence-corrected chi connectivity index (χ3v) is 6.28. The van der Waals surface area contributed by atoms with Crippen LogP contribution in [0.2, 0.25) is 0 Å². The summed E-state index contributed by atoms with van der Waals surface area (Å²) in [6.07, 6.45) is 4.64. The maximum Gasteiger partial charge on any atom is 0.128 e. The summed E-state index contributed by atoms with van der Waals surface area (Å²) >= 11 is 0. The number of piperazine rings is 1. The van der Waals surface area contributed by atoms with Gasteiger partial charge in [0.2, 0.25) is 0 Å². The second-order valence-electron chi connectivity index (χ2n) is 9.06. The summed E-state index contributed by atoms with van der Waals surface area (Å²) in [5, 5.41) is 13.0. The first kappa shape index (κ1) is 22.4. The molecule has 0 amide bonds. The van der Waals surface area contributed by atoms with Gasteiger partial charge in [0.05, 0.1) is 5.69 Å². The van der Waals surface area contributed by atoms with Gasteiger partial charge in [0, 0.05) is 50.4 Å². The van der Waals surface area contributed by atoms with Crippen LogP contribution in [0.4, 0.5) is 0 Å². The highest BCUT2D eigenvalue weighted by molar-refractivity contribution is 5.59. The molecule has 4 rings (SSSR count). The molecule has 1 atom stereocenters. The van der Waals surface area contributed by atoms with Gasteiger partial charge in [-0.15, -0.1) is 0 Å². The molecule has 2 N–H and O–H groups in total. The maximum atomic E-state index is 9.42. The van der Waals surface area contributed by atoms with Crippen LogP contribution in [0.5, 0.6) is 5.75 Å². The lowest BCUT2D eigenvalue weighted by Gasteiger charge is -2.38. The summed E-state index contributed by atoms with van der Waals surface area (Å²) in [4.78, 5) is 11.9. The first-order valence-electron chi connectivity index (χ1n) is 11.7. The Morgan fingerprint density at radius 3 is 2.72 bits per heavy atom. The Labute approximate surface area is 191 Å². The standard InChI is InChI=1S/C27H34N4O/c1-20(2)26-18-28-15-16-31(26)19-22-6-3-7-23(17-22)25-13-14-29-27(30-25)8-4-5-21-9-11-24(32)12-10-21/h3,6-7,9-14,17,20,26,28,32H,4-5,8,15-16,18-19H2,1-2H3. The van der Waals surface area contributed by atoms with Crippen LogP contribution in [-0.4, -0.2) is 45.7 Å². The van der Waals surface area contributed by atoms with Crippen LogP contribution >= 0.6 is 0 Å². The number of rotatable bonds is 8. The van der Waals surface area contributed by atoms with Crippen LogP contribution < -0.4 is 5.32 Å². The molecule has 0 spiro atoms. The highest BCUT2D eigenvalue weighted by Crippen LogP contribution is 2.22. The Morgan fingerprint density at radius 1 is 1.06 bits per heavy atom. The molecular formula is C27H34N4O. The lowest BCUT2D eigenvalue weighted by atomic mass is 9.99. The molecule has 168 valence electrons. The van der Waals surface area contributed by atoms with Gasteiger partial charge < -0.3 is 10.4 Å². The number of aromatic hydroxyl groups is 1. The highest BCUT2D eigenvalue weighted by Gasteiger charge is 2.24. The molecule has 0 saturated carbocycles. The molecule has 32 heavy (non-hydrogen) atoms. The minimum Gasteiger partial charge on any atom is -0.508 e. The first-order valence-corrected chi connectivity index (χ1v) is 11.7. The molecule has 1 aromatic heterocycles. The van der Waals surface area contributed by atoms with Gasteiger partial charge in [-0.1, -0.05) is 44.2 Å². The zero-order valence-electron chi connectivity index (χ0n) is 19.2. The van der Waals surface area contributed by atoms with Gasteiger partial charge in [-0.05, 0) is 54.2 Å². The third-order valence-electron chi connectivity index (χ3n) is 6.28. The van der Waals surface area contributed by atoms with Crippen LogP contribution in [0.25, 0.3) is 11.3 Å². The predicted molar refractivity (Wildman–Crippen MR) is 130 cm³/mol. The van der Waals surface area contributed by atoms with E-state index in [-0.39, 0.29) is 0 Å². The van der Waals surface area contributed by atoms with E-state index in [2.05, 4.69) is 53.3 Å². The molecule has 1 fully saturated rings. The quantitative estimate of drug-likeness (QED) is 0.553. The molecule has 0 radical (unpaired) electrons. The van der Waals surface area contributed by atoms with Crippen molar-refractivity contribution < 1.29 is 5.11 Å². The SMILES string of the molecule is CC(C)C1CNCCN1Cc1cccc(-c2ccnc(CCCc3ccc(O)cc3)n2)c1. The van der Waals surface area contributed by atoms with E-state index in [0.717, 1.165) is 62.5 Å². The molecule has 2 heterocycles. The molecule has 5 nitrogen and oxygen atoms in total. The number of phenolic OH excluding ortho intramolecular Hbond substituents is 1. The largest absolute Gasteiger partial charge is 0.508 e. The van der Waals surface area contributed by atoms with E-state index >= 15 is 0 Å². The lowest BCUT2D eigenvalue weighted by molar-refractivity contribution is 0.117. The number of nitrogens with one attached hydrogen (secondary N) is 1. The van der Waals surface area contributed by atoms with Crippen LogP contribution in [-0.2, 0) is 19.4 Å². The van der Waals surface area contributed by atoms with Crippen LogP contribution in [0.1, 0.15) is 37.2 Å². The zero-order chi connectivity index (χ0) is 22.3. The van der Waals surface area contributed by atoms with Crippen molar-refractivity contribution in [3.63, 3.8) is 0 Å². The van der Waals surface area contributed by atoms with E-state index in [1.807, 2.05) is 24.4 Å². The lowest BCUT2D eigenvalue weighted by Crippen LogP contribution is -2.52. The number of aromatic nitrogens is 2. The molecule has 2 aromatic carbocycles. The first-order chi connectivity index (χ1) is 15.6. The van der Waals surface area contributed by atoms with Crippen LogP contribution in [0.15, 0.2) is 60.8 Å². The average molecular weight is 431 g/mol. The van der Waals surface area contributed by atoms with Crippen LogP contribution in [0, 0.1) is 5.92 Å². The van der Waals surface area contributed by atoms with Gasteiger partial charge in [0.15, 0.2) is 0 Å². The van der Waals surface area contributed by atoms with Crippen molar-refractivity contribution >= 4 is 0 Å². The second kappa shape index (κ2) is 10.7. The molecule has 0 aliphatic carbocycles. The Morgan fingerprint density at radius 2 is 1.91 bits per heavy atom. The number of hydrogen-bond donors (Lipinski definition) is 2. The monoisotopic (exact) mass is 430 g/mol. The molecule has 1 aliphatic rings. The highest BCUT2D eigenvalue weighted by atomic mass is 16.3. The van der Waals surface area contributed by atoms with Gasteiger partial charge in [-0.3, -0.25) is 4.90 Å². The van der Waals surface area contributed by atoms with Crippen molar-refractivity contribution in [1.82, 2.24) is 20.2 Å². The van der Waals surface area contributed by atoms with Gasteiger partial charge in [0.1, 0.15) is 11.6 Å². The molecular weight excluding hydrogens is 396 g/mol. The van der Waals surface area contributed by atoms with Crippen molar-refractivity contribution in [3.8, 4) is 17.0 Å². The number of phenols is 1. The summed E-state index contributed by atoms with van der Waals surface area (Å²) in [5.41, 5.74) is 4.70. The maximum absolute atomic E-state index is 9.42. The van der Waals surface area contributed by atoms with Crippen molar-refractivity contribution in [2.24, 2.45) is 5.92 Å². The molecule has 3 aromatic rings. The molecule has 5 heteroatoms. The smallest absolute Gasteiger partial charge is 0.128 e. The number of benzene rings is 2. The summed E-state index contributed by atoms with van der Waals surface area (Å²) in [7, 11) is 0. The van der Waals surface area contributed by atoms with Crippen molar-refractivity contribution in [1.29, 1.82) is 0 Å². The number of nitrogens with zero attached hydrogens (tertiary/aromatic N) is 3. The average Bonchev–Trinajstić information content (AvgIpc) is 2.81. The molecule has 1 aliphatic heterocycles. The Balaban J connectivity index is 1.41. The summed E-state index contributed by atoms with van der Waals surface area (Å²) in [6.45, 7) is 8.81. The van der Waals surface area contributed by atoms with E-state index in [1.165, 1.54) is 11.1 Å². The minimum atomic E-state index is 0.309. The van der Waals surface area contributed by atoms with Crippen molar-refractivity contribution in [2.75, 3.05) is 19.6 Å². The molecule has 1 saturated heterocycles. The Hall–Kier alpha value is -2.76. The van der Waals surface area contributed by atoms with Gasteiger partial charge >= 0.3 is 0 Å². The minimum absolute atomic E-state index is 0.309. The number of hydrogen-bond acceptors (Lipinski definition) is 5. The third kappa shape index (κ3) is 5.93. The number of aryl methyl sites for hydroxylation is 2. The fourth-order valence-corrected chi connectivity index (χ4v) is 4.48. The summed E-state index contributed by atoms with van der Waals surface area (Å²) in [5.74, 6) is 1.83. The Bertz CT molecular complexity index is 1000. The van der Waals surface area contributed by atoms with E-state index in [4.69, 9.17) is 4.98 Å². The van der Waals surface area contributed by atoms with E-state index < -0.39 is 0 Å². The van der Waals surface area contributed by atoms with Crippen molar-refractivity contribution in [2.45, 2.75) is 45.7 Å². The molecule has 1 unspecified atom stereocenters. The molecule has 0 bridgehead atoms. The Kier molecular flexibility index (Phi) is 7.51. The van der Waals surface area contributed by atoms with Gasteiger partial charge in [-0.2, -0.15) is 0 Å². The van der Waals surface area contributed by atoms with Crippen LogP contribution in [0.3, 0.4) is 0 Å². The fourth-order valence-electron chi connectivity index (χ4n) is 4.48. The fraction of sp³-hybridized carbons (Fsp3) is 0.407. The topological polar surface area (TPSA) is 61.3 Å². The second-order valence-corrected chi connectivity index (χ2v) is 9.06. The van der Waals surface area contributed by atoms with Gasteiger partial charge in [-0.25, -0.2) is 9.97 Å². The zero-order valence-corrected chi connectivity index (χ0v) is 19.2.